The number of rotatable bonds is 2. The van der Waals surface area contributed by atoms with Gasteiger partial charge in [-0.1, -0.05) is 18.2 Å². The highest BCUT2D eigenvalue weighted by atomic mass is 16.3. The Kier molecular flexibility index (Phi) is 3.61. The Labute approximate surface area is 140 Å². The van der Waals surface area contributed by atoms with E-state index in [4.69, 9.17) is 4.42 Å². The molecule has 0 saturated heterocycles. The van der Waals surface area contributed by atoms with E-state index >= 15 is 0 Å². The first-order valence-corrected chi connectivity index (χ1v) is 8.06. The molecule has 3 aromatic rings. The van der Waals surface area contributed by atoms with Gasteiger partial charge in [0.2, 0.25) is 0 Å². The molecule has 0 saturated carbocycles. The number of urea groups is 1. The lowest BCUT2D eigenvalue weighted by Gasteiger charge is -2.27. The SMILES string of the molecule is C[C@H]1c2cccn2-c2ccccc2CN1C(=O)NCc1ccco1. The van der Waals surface area contributed by atoms with E-state index in [9.17, 15) is 4.79 Å². The van der Waals surface area contributed by atoms with Crippen LogP contribution in [0.15, 0.2) is 65.4 Å². The van der Waals surface area contributed by atoms with Crippen molar-refractivity contribution in [2.45, 2.75) is 26.1 Å². The fourth-order valence-corrected chi connectivity index (χ4v) is 3.24. The van der Waals surface area contributed by atoms with E-state index in [-0.39, 0.29) is 12.1 Å². The number of carbonyl (C=O) groups is 1. The van der Waals surface area contributed by atoms with Crippen LogP contribution >= 0.6 is 0 Å². The highest BCUT2D eigenvalue weighted by molar-refractivity contribution is 5.75. The van der Waals surface area contributed by atoms with Crippen molar-refractivity contribution in [3.05, 3.63) is 78.0 Å². The summed E-state index contributed by atoms with van der Waals surface area (Å²) < 4.78 is 7.45. The quantitative estimate of drug-likeness (QED) is 0.779. The Morgan fingerprint density at radius 1 is 1.21 bits per heavy atom. The summed E-state index contributed by atoms with van der Waals surface area (Å²) >= 11 is 0. The van der Waals surface area contributed by atoms with Crippen molar-refractivity contribution in [2.24, 2.45) is 0 Å². The molecule has 122 valence electrons. The van der Waals surface area contributed by atoms with Crippen LogP contribution < -0.4 is 5.32 Å². The van der Waals surface area contributed by atoms with Crippen LogP contribution in [0.4, 0.5) is 4.79 Å². The summed E-state index contributed by atoms with van der Waals surface area (Å²) in [5.74, 6) is 0.745. The van der Waals surface area contributed by atoms with Crippen LogP contribution in [0.3, 0.4) is 0 Å². The van der Waals surface area contributed by atoms with E-state index < -0.39 is 0 Å². The van der Waals surface area contributed by atoms with Crippen LogP contribution in [0.1, 0.15) is 30.0 Å². The minimum atomic E-state index is -0.0941. The first-order chi connectivity index (χ1) is 11.7. The van der Waals surface area contributed by atoms with Gasteiger partial charge in [0.25, 0.3) is 0 Å². The Bertz CT molecular complexity index is 851. The number of benzene rings is 1. The monoisotopic (exact) mass is 321 g/mol. The third-order valence-corrected chi connectivity index (χ3v) is 4.52. The summed E-state index contributed by atoms with van der Waals surface area (Å²) in [5.41, 5.74) is 3.37. The molecular weight excluding hydrogens is 302 g/mol. The zero-order chi connectivity index (χ0) is 16.5. The fraction of sp³-hybridized carbons (Fsp3) is 0.211. The summed E-state index contributed by atoms with van der Waals surface area (Å²) in [6, 6.07) is 15.8. The predicted molar refractivity (Wildman–Crippen MR) is 90.7 cm³/mol. The van der Waals surface area contributed by atoms with Crippen molar-refractivity contribution >= 4 is 6.03 Å². The number of fused-ring (bicyclic) bond motifs is 3. The number of hydrogen-bond acceptors (Lipinski definition) is 2. The Morgan fingerprint density at radius 2 is 2.08 bits per heavy atom. The zero-order valence-electron chi connectivity index (χ0n) is 13.5. The number of furan rings is 1. The van der Waals surface area contributed by atoms with E-state index in [1.807, 2.05) is 35.2 Å². The first kappa shape index (κ1) is 14.6. The van der Waals surface area contributed by atoms with Gasteiger partial charge in [-0.3, -0.25) is 0 Å². The van der Waals surface area contributed by atoms with E-state index in [0.717, 1.165) is 22.7 Å². The molecule has 24 heavy (non-hydrogen) atoms. The van der Waals surface area contributed by atoms with Crippen molar-refractivity contribution < 1.29 is 9.21 Å². The standard InChI is InChI=1S/C19H19N3O2/c1-14-17-9-4-10-21(17)18-8-3-2-6-15(18)13-22(14)19(23)20-12-16-7-5-11-24-16/h2-11,14H,12-13H2,1H3,(H,20,23)/t14-/m0/s1. The molecule has 5 heteroatoms. The summed E-state index contributed by atoms with van der Waals surface area (Å²) in [6.07, 6.45) is 3.66. The van der Waals surface area contributed by atoms with Crippen LogP contribution in [0, 0.1) is 0 Å². The third-order valence-electron chi connectivity index (χ3n) is 4.52. The van der Waals surface area contributed by atoms with Gasteiger partial charge < -0.3 is 19.2 Å². The van der Waals surface area contributed by atoms with E-state index in [1.54, 1.807) is 6.26 Å². The van der Waals surface area contributed by atoms with E-state index in [0.29, 0.717) is 13.1 Å². The molecule has 0 bridgehead atoms. The maximum absolute atomic E-state index is 12.8. The van der Waals surface area contributed by atoms with Gasteiger partial charge in [0.15, 0.2) is 0 Å². The van der Waals surface area contributed by atoms with Crippen LogP contribution in [0.25, 0.3) is 5.69 Å². The molecule has 3 heterocycles. The maximum Gasteiger partial charge on any atom is 0.318 e. The van der Waals surface area contributed by atoms with Crippen molar-refractivity contribution in [1.29, 1.82) is 0 Å². The van der Waals surface area contributed by atoms with Gasteiger partial charge in [-0.05, 0) is 42.8 Å². The first-order valence-electron chi connectivity index (χ1n) is 8.06. The molecule has 5 nitrogen and oxygen atoms in total. The number of aromatic nitrogens is 1. The van der Waals surface area contributed by atoms with Gasteiger partial charge in [-0.2, -0.15) is 0 Å². The molecule has 1 atom stereocenters. The minimum Gasteiger partial charge on any atom is -0.467 e. The summed E-state index contributed by atoms with van der Waals surface area (Å²) in [6.45, 7) is 3.02. The summed E-state index contributed by atoms with van der Waals surface area (Å²) in [5, 5.41) is 2.95. The number of nitrogens with zero attached hydrogens (tertiary/aromatic N) is 2. The molecule has 0 aliphatic carbocycles. The molecule has 4 rings (SSSR count). The van der Waals surface area contributed by atoms with Gasteiger partial charge in [-0.25, -0.2) is 4.79 Å². The molecule has 1 aliphatic rings. The topological polar surface area (TPSA) is 50.4 Å². The number of nitrogens with one attached hydrogen (secondary N) is 1. The highest BCUT2D eigenvalue weighted by Crippen LogP contribution is 2.31. The third kappa shape index (κ3) is 2.48. The minimum absolute atomic E-state index is 0.0241. The van der Waals surface area contributed by atoms with Gasteiger partial charge in [-0.15, -0.1) is 0 Å². The van der Waals surface area contributed by atoms with Crippen LogP contribution in [0.5, 0.6) is 0 Å². The van der Waals surface area contributed by atoms with Crippen LogP contribution in [-0.2, 0) is 13.1 Å². The van der Waals surface area contributed by atoms with Gasteiger partial charge in [0, 0.05) is 11.9 Å². The second kappa shape index (κ2) is 5.92. The fourth-order valence-electron chi connectivity index (χ4n) is 3.24. The van der Waals surface area contributed by atoms with Crippen molar-refractivity contribution in [1.82, 2.24) is 14.8 Å². The largest absolute Gasteiger partial charge is 0.467 e. The normalized spacial score (nSPS) is 16.2. The smallest absolute Gasteiger partial charge is 0.318 e. The second-order valence-corrected chi connectivity index (χ2v) is 5.97. The van der Waals surface area contributed by atoms with Gasteiger partial charge >= 0.3 is 6.03 Å². The Balaban J connectivity index is 1.63. The van der Waals surface area contributed by atoms with Crippen molar-refractivity contribution in [3.8, 4) is 5.69 Å². The van der Waals surface area contributed by atoms with Crippen molar-refractivity contribution in [2.75, 3.05) is 0 Å². The maximum atomic E-state index is 12.8. The molecule has 1 N–H and O–H groups in total. The van der Waals surface area contributed by atoms with Gasteiger partial charge in [0.1, 0.15) is 5.76 Å². The summed E-state index contributed by atoms with van der Waals surface area (Å²) in [7, 11) is 0. The molecular formula is C19H19N3O2. The molecule has 0 spiro atoms. The molecule has 2 amide bonds. The average molecular weight is 321 g/mol. The number of hydrogen-bond donors (Lipinski definition) is 1. The number of para-hydroxylation sites is 1. The van der Waals surface area contributed by atoms with E-state index in [2.05, 4.69) is 41.2 Å². The molecule has 0 radical (unpaired) electrons. The summed E-state index contributed by atoms with van der Waals surface area (Å²) in [4.78, 5) is 14.6. The average Bonchev–Trinajstić information content (AvgIpc) is 3.27. The highest BCUT2D eigenvalue weighted by Gasteiger charge is 2.28. The molecule has 0 fully saturated rings. The van der Waals surface area contributed by atoms with Gasteiger partial charge in [0.05, 0.1) is 31.1 Å². The molecule has 2 aromatic heterocycles. The van der Waals surface area contributed by atoms with Crippen LogP contribution in [-0.4, -0.2) is 15.5 Å². The Morgan fingerprint density at radius 3 is 2.92 bits per heavy atom. The predicted octanol–water partition coefficient (Wildman–Crippen LogP) is 3.86. The zero-order valence-corrected chi connectivity index (χ0v) is 13.5. The lowest BCUT2D eigenvalue weighted by Crippen LogP contribution is -2.40. The Hall–Kier alpha value is -2.95. The molecule has 1 aliphatic heterocycles. The lowest BCUT2D eigenvalue weighted by atomic mass is 10.1. The number of carbonyl (C=O) groups excluding carboxylic acids is 1. The second-order valence-electron chi connectivity index (χ2n) is 5.97. The lowest BCUT2D eigenvalue weighted by molar-refractivity contribution is 0.174. The van der Waals surface area contributed by atoms with Crippen molar-refractivity contribution in [3.63, 3.8) is 0 Å². The number of amides is 2. The van der Waals surface area contributed by atoms with Crippen LogP contribution in [0.2, 0.25) is 0 Å². The van der Waals surface area contributed by atoms with E-state index in [1.165, 1.54) is 0 Å². The molecule has 1 aromatic carbocycles. The molecule has 0 unspecified atom stereocenters.